The van der Waals surface area contributed by atoms with Gasteiger partial charge in [0.1, 0.15) is 32.7 Å². The number of rotatable bonds is 7. The molecule has 2 aliphatic rings. The number of aryl methyl sites for hydroxylation is 1. The van der Waals surface area contributed by atoms with Crippen LogP contribution in [0.1, 0.15) is 53.8 Å². The molecule has 0 atom stereocenters. The Bertz CT molecular complexity index is 891. The molecule has 0 aromatic carbocycles. The number of ketones is 1. The number of allylic oxidation sites excluding steroid dienone is 2. The van der Waals surface area contributed by atoms with Crippen molar-refractivity contribution in [1.82, 2.24) is 4.57 Å². The Morgan fingerprint density at radius 1 is 1.17 bits per heavy atom. The van der Waals surface area contributed by atoms with Gasteiger partial charge in [-0.3, -0.25) is 9.69 Å². The second-order valence-corrected chi connectivity index (χ2v) is 8.88. The Hall–Kier alpha value is -2.40. The molecule has 0 radical (unpaired) electrons. The highest BCUT2D eigenvalue weighted by Gasteiger charge is 2.28. The highest BCUT2D eigenvalue weighted by Crippen LogP contribution is 2.23. The van der Waals surface area contributed by atoms with Gasteiger partial charge in [-0.05, 0) is 58.1 Å². The summed E-state index contributed by atoms with van der Waals surface area (Å²) in [5.74, 6) is 1.46. The summed E-state index contributed by atoms with van der Waals surface area (Å²) in [5.41, 5.74) is 4.88. The molecule has 30 heavy (non-hydrogen) atoms. The van der Waals surface area contributed by atoms with Crippen LogP contribution in [-0.4, -0.2) is 43.1 Å². The number of pyridine rings is 1. The first-order valence-electron chi connectivity index (χ1n) is 11.5. The van der Waals surface area contributed by atoms with Crippen LogP contribution in [0.4, 0.5) is 5.82 Å². The van der Waals surface area contributed by atoms with E-state index < -0.39 is 0 Å². The average Bonchev–Trinajstić information content (AvgIpc) is 3.07. The van der Waals surface area contributed by atoms with Crippen molar-refractivity contribution in [2.24, 2.45) is 0 Å². The number of nitrogens with one attached hydrogen (secondary N) is 2. The summed E-state index contributed by atoms with van der Waals surface area (Å²) >= 11 is 0. The van der Waals surface area contributed by atoms with Gasteiger partial charge in [-0.15, -0.1) is 0 Å². The third-order valence-corrected chi connectivity index (χ3v) is 6.83. The van der Waals surface area contributed by atoms with Crippen molar-refractivity contribution in [3.63, 3.8) is 0 Å². The Morgan fingerprint density at radius 2 is 2.00 bits per heavy atom. The van der Waals surface area contributed by atoms with Crippen LogP contribution in [0, 0.1) is 13.8 Å². The minimum absolute atomic E-state index is 0.293. The molecule has 4 rings (SSSR count). The maximum atomic E-state index is 13.1. The van der Waals surface area contributed by atoms with Gasteiger partial charge >= 0.3 is 0 Å². The fourth-order valence-corrected chi connectivity index (χ4v) is 4.96. The molecule has 0 bridgehead atoms. The van der Waals surface area contributed by atoms with E-state index in [2.05, 4.69) is 52.6 Å². The Kier molecular flexibility index (Phi) is 6.68. The third-order valence-electron chi connectivity index (χ3n) is 6.83. The normalized spacial score (nSPS) is 17.8. The Balaban J connectivity index is 1.33. The molecule has 3 heterocycles. The molecule has 5 heteroatoms. The van der Waals surface area contributed by atoms with Gasteiger partial charge in [0.05, 0.1) is 6.20 Å². The summed E-state index contributed by atoms with van der Waals surface area (Å²) in [5, 5.41) is 0. The van der Waals surface area contributed by atoms with E-state index in [1.807, 2.05) is 12.3 Å². The van der Waals surface area contributed by atoms with Crippen LogP contribution in [-0.2, 0) is 6.54 Å². The number of aromatic amines is 1. The quantitative estimate of drug-likeness (QED) is 0.565. The summed E-state index contributed by atoms with van der Waals surface area (Å²) in [4.78, 5) is 20.2. The van der Waals surface area contributed by atoms with Gasteiger partial charge in [0.2, 0.25) is 5.78 Å². The summed E-state index contributed by atoms with van der Waals surface area (Å²) in [6, 6.07) is 8.30. The zero-order valence-electron chi connectivity index (χ0n) is 18.5. The van der Waals surface area contributed by atoms with Crippen molar-refractivity contribution >= 4 is 11.6 Å². The molecule has 1 aliphatic heterocycles. The van der Waals surface area contributed by atoms with Crippen LogP contribution in [0.2, 0.25) is 0 Å². The van der Waals surface area contributed by atoms with Crippen molar-refractivity contribution in [1.29, 1.82) is 0 Å². The number of hydrogen-bond acceptors (Lipinski definition) is 2. The zero-order valence-corrected chi connectivity index (χ0v) is 18.5. The molecule has 0 spiro atoms. The lowest BCUT2D eigenvalue weighted by Crippen LogP contribution is -3.15. The maximum absolute atomic E-state index is 13.1. The largest absolute Gasteiger partial charge is 0.348 e. The number of carbonyl (C=O) groups excluding carboxylic acids is 1. The molecule has 2 N–H and O–H groups in total. The lowest BCUT2D eigenvalue weighted by atomic mass is 9.97. The third kappa shape index (κ3) is 4.84. The number of nitrogens with zero attached hydrogens (tertiary/aromatic N) is 2. The molecule has 5 nitrogen and oxygen atoms in total. The van der Waals surface area contributed by atoms with Crippen LogP contribution in [0.15, 0.2) is 42.1 Å². The first-order valence-corrected chi connectivity index (χ1v) is 11.5. The van der Waals surface area contributed by atoms with E-state index in [1.165, 1.54) is 42.1 Å². The number of Topliss-reactive ketones (excluding diaryl/α,β-unsaturated/α-hetero) is 1. The predicted molar refractivity (Wildman–Crippen MR) is 120 cm³/mol. The molecule has 1 fully saturated rings. The number of carbonyl (C=O) groups is 1. The SMILES string of the molecule is Cc1cc(C(=O)C[NH+]2CCN(c3cccc[nH+]3)CC2)c(C)n1CCC1=CCCCC1. The second-order valence-electron chi connectivity index (χ2n) is 8.88. The van der Waals surface area contributed by atoms with E-state index in [0.717, 1.165) is 50.4 Å². The number of hydrogen-bond donors (Lipinski definition) is 1. The fourth-order valence-electron chi connectivity index (χ4n) is 4.96. The molecular weight excluding hydrogens is 372 g/mol. The molecule has 0 saturated carbocycles. The highest BCUT2D eigenvalue weighted by atomic mass is 16.1. The number of aromatic nitrogens is 2. The van der Waals surface area contributed by atoms with Gasteiger partial charge < -0.3 is 9.47 Å². The second kappa shape index (κ2) is 9.61. The lowest BCUT2D eigenvalue weighted by molar-refractivity contribution is -0.892. The number of quaternary nitrogens is 1. The summed E-state index contributed by atoms with van der Waals surface area (Å²) in [7, 11) is 0. The molecule has 2 aromatic heterocycles. The summed E-state index contributed by atoms with van der Waals surface area (Å²) < 4.78 is 2.35. The summed E-state index contributed by atoms with van der Waals surface area (Å²) in [6.07, 6.45) is 10.7. The van der Waals surface area contributed by atoms with Crippen LogP contribution in [0.3, 0.4) is 0 Å². The maximum Gasteiger partial charge on any atom is 0.274 e. The van der Waals surface area contributed by atoms with Crippen molar-refractivity contribution in [3.8, 4) is 0 Å². The van der Waals surface area contributed by atoms with Gasteiger partial charge in [0.25, 0.3) is 5.82 Å². The van der Waals surface area contributed by atoms with Gasteiger partial charge in [0.15, 0.2) is 0 Å². The Labute approximate surface area is 180 Å². The van der Waals surface area contributed by atoms with Crippen molar-refractivity contribution in [2.45, 2.75) is 52.5 Å². The van der Waals surface area contributed by atoms with E-state index in [1.54, 1.807) is 5.57 Å². The monoisotopic (exact) mass is 408 g/mol. The van der Waals surface area contributed by atoms with Gasteiger partial charge in [-0.1, -0.05) is 17.7 Å². The summed E-state index contributed by atoms with van der Waals surface area (Å²) in [6.45, 7) is 9.82. The molecule has 1 aliphatic carbocycles. The van der Waals surface area contributed by atoms with Gasteiger partial charge in [-0.2, -0.15) is 0 Å². The number of piperazine rings is 1. The highest BCUT2D eigenvalue weighted by molar-refractivity contribution is 5.98. The molecule has 2 aromatic rings. The average molecular weight is 409 g/mol. The van der Waals surface area contributed by atoms with Gasteiger partial charge in [-0.25, -0.2) is 4.98 Å². The molecule has 160 valence electrons. The van der Waals surface area contributed by atoms with E-state index in [0.29, 0.717) is 12.3 Å². The van der Waals surface area contributed by atoms with E-state index in [9.17, 15) is 4.79 Å². The standard InChI is InChI=1S/C25H34N4O/c1-20-18-23(21(2)29(20)13-11-22-8-4-3-5-9-22)24(30)19-27-14-16-28(17-15-27)25-10-6-7-12-26-25/h6-8,10,12,18H,3-5,9,11,13-17,19H2,1-2H3/p+2. The van der Waals surface area contributed by atoms with Crippen molar-refractivity contribution in [3.05, 3.63) is 59.1 Å². The predicted octanol–water partition coefficient (Wildman–Crippen LogP) is 2.40. The number of anilines is 1. The van der Waals surface area contributed by atoms with E-state index >= 15 is 0 Å². The molecule has 1 saturated heterocycles. The smallest absolute Gasteiger partial charge is 0.274 e. The van der Waals surface area contributed by atoms with Crippen LogP contribution in [0.25, 0.3) is 0 Å². The zero-order chi connectivity index (χ0) is 20.9. The van der Waals surface area contributed by atoms with Crippen molar-refractivity contribution in [2.75, 3.05) is 37.6 Å². The molecule has 0 unspecified atom stereocenters. The Morgan fingerprint density at radius 3 is 2.70 bits per heavy atom. The van der Waals surface area contributed by atoms with Crippen LogP contribution >= 0.6 is 0 Å². The minimum atomic E-state index is 0.293. The van der Waals surface area contributed by atoms with Crippen molar-refractivity contribution < 1.29 is 14.7 Å². The number of H-pyrrole nitrogens is 1. The van der Waals surface area contributed by atoms with E-state index in [-0.39, 0.29) is 0 Å². The van der Waals surface area contributed by atoms with E-state index in [4.69, 9.17) is 0 Å². The van der Waals surface area contributed by atoms with Crippen LogP contribution in [0.5, 0.6) is 0 Å². The van der Waals surface area contributed by atoms with Crippen LogP contribution < -0.4 is 14.8 Å². The first kappa shape index (κ1) is 20.9. The topological polar surface area (TPSA) is 43.8 Å². The first-order chi connectivity index (χ1) is 14.6. The molecule has 0 amide bonds. The lowest BCUT2D eigenvalue weighted by Gasteiger charge is -2.27. The van der Waals surface area contributed by atoms with Gasteiger partial charge in [0, 0.05) is 29.6 Å². The minimum Gasteiger partial charge on any atom is -0.348 e. The fraction of sp³-hybridized carbons (Fsp3) is 0.520. The molecular formula is C25H36N4O+2.